The summed E-state index contributed by atoms with van der Waals surface area (Å²) >= 11 is 11.8. The molecule has 2 rings (SSSR count). The van der Waals surface area contributed by atoms with Crippen LogP contribution in [0.25, 0.3) is 0 Å². The Bertz CT molecular complexity index is 679. The van der Waals surface area contributed by atoms with Crippen LogP contribution < -0.4 is 10.1 Å². The van der Waals surface area contributed by atoms with Gasteiger partial charge in [0.25, 0.3) is 0 Å². The van der Waals surface area contributed by atoms with Crippen molar-refractivity contribution in [2.24, 2.45) is 0 Å². The fraction of sp³-hybridized carbons (Fsp3) is 0.278. The minimum atomic E-state index is -0.889. The lowest BCUT2D eigenvalue weighted by Crippen LogP contribution is -2.45. The van der Waals surface area contributed by atoms with Crippen LogP contribution in [0.1, 0.15) is 12.5 Å². The molecule has 2 atom stereocenters. The van der Waals surface area contributed by atoms with Crippen LogP contribution in [-0.2, 0) is 11.2 Å². The van der Waals surface area contributed by atoms with Gasteiger partial charge in [0.2, 0.25) is 0 Å². The topological polar surface area (TPSA) is 58.6 Å². The van der Waals surface area contributed by atoms with Gasteiger partial charge in [-0.25, -0.2) is 0 Å². The maximum atomic E-state index is 11.5. The van der Waals surface area contributed by atoms with Crippen LogP contribution in [0.2, 0.25) is 10.0 Å². The van der Waals surface area contributed by atoms with Gasteiger partial charge in [0.1, 0.15) is 18.4 Å². The molecule has 0 spiro atoms. The molecule has 24 heavy (non-hydrogen) atoms. The fourth-order valence-electron chi connectivity index (χ4n) is 2.25. The number of nitrogens with one attached hydrogen (secondary N) is 1. The summed E-state index contributed by atoms with van der Waals surface area (Å²) in [5.41, 5.74) is 0.968. The van der Waals surface area contributed by atoms with Crippen molar-refractivity contribution in [2.75, 3.05) is 6.61 Å². The lowest BCUT2D eigenvalue weighted by molar-refractivity contribution is -0.139. The van der Waals surface area contributed by atoms with Crippen molar-refractivity contribution < 1.29 is 14.6 Å². The molecule has 0 amide bonds. The number of carboxylic acids is 1. The molecule has 4 nitrogen and oxygen atoms in total. The lowest BCUT2D eigenvalue weighted by Gasteiger charge is -2.20. The maximum absolute atomic E-state index is 11.5. The van der Waals surface area contributed by atoms with E-state index in [0.29, 0.717) is 28.8 Å². The first-order valence-corrected chi connectivity index (χ1v) is 8.32. The Morgan fingerprint density at radius 1 is 1.17 bits per heavy atom. The quantitative estimate of drug-likeness (QED) is 0.738. The minimum absolute atomic E-state index is 0.149. The molecule has 0 fully saturated rings. The second-order valence-corrected chi connectivity index (χ2v) is 6.35. The molecule has 1 unspecified atom stereocenters. The van der Waals surface area contributed by atoms with E-state index in [-0.39, 0.29) is 6.04 Å². The summed E-state index contributed by atoms with van der Waals surface area (Å²) in [5.74, 6) is -0.298. The van der Waals surface area contributed by atoms with E-state index in [9.17, 15) is 9.90 Å². The molecule has 0 aliphatic heterocycles. The zero-order valence-electron chi connectivity index (χ0n) is 13.2. The number of carbonyl (C=O) groups is 1. The number of hydrogen-bond acceptors (Lipinski definition) is 3. The van der Waals surface area contributed by atoms with Gasteiger partial charge in [-0.15, -0.1) is 0 Å². The average Bonchev–Trinajstić information content (AvgIpc) is 2.56. The second kappa shape index (κ2) is 8.92. The summed E-state index contributed by atoms with van der Waals surface area (Å²) in [4.78, 5) is 11.5. The van der Waals surface area contributed by atoms with Crippen molar-refractivity contribution in [3.05, 3.63) is 64.1 Å². The molecule has 0 aliphatic carbocycles. The predicted octanol–water partition coefficient (Wildman–Crippen LogP) is 4.05. The van der Waals surface area contributed by atoms with E-state index in [1.54, 1.807) is 18.2 Å². The van der Waals surface area contributed by atoms with Gasteiger partial charge in [-0.3, -0.25) is 10.1 Å². The Hall–Kier alpha value is -1.75. The van der Waals surface area contributed by atoms with Gasteiger partial charge in [0, 0.05) is 12.1 Å². The second-order valence-electron chi connectivity index (χ2n) is 5.54. The zero-order valence-corrected chi connectivity index (χ0v) is 14.7. The third kappa shape index (κ3) is 5.71. The summed E-state index contributed by atoms with van der Waals surface area (Å²) in [6.07, 6.45) is 0.410. The van der Waals surface area contributed by atoms with Crippen LogP contribution in [0.15, 0.2) is 48.5 Å². The molecule has 0 heterocycles. The Morgan fingerprint density at radius 2 is 1.88 bits per heavy atom. The summed E-state index contributed by atoms with van der Waals surface area (Å²) in [6.45, 7) is 2.19. The van der Waals surface area contributed by atoms with Crippen LogP contribution in [0.3, 0.4) is 0 Å². The van der Waals surface area contributed by atoms with Gasteiger partial charge in [-0.05, 0) is 31.0 Å². The van der Waals surface area contributed by atoms with Gasteiger partial charge < -0.3 is 9.84 Å². The van der Waals surface area contributed by atoms with E-state index < -0.39 is 12.0 Å². The summed E-state index contributed by atoms with van der Waals surface area (Å²) in [5, 5.41) is 13.4. The van der Waals surface area contributed by atoms with Gasteiger partial charge in [0.15, 0.2) is 0 Å². The number of hydrogen-bond donors (Lipinski definition) is 2. The van der Waals surface area contributed by atoms with Gasteiger partial charge >= 0.3 is 5.97 Å². The highest BCUT2D eigenvalue weighted by atomic mass is 35.5. The molecule has 128 valence electrons. The highest BCUT2D eigenvalue weighted by Gasteiger charge is 2.20. The minimum Gasteiger partial charge on any atom is -0.492 e. The number of halogens is 2. The molecule has 0 saturated heterocycles. The lowest BCUT2D eigenvalue weighted by atomic mass is 10.1. The Balaban J connectivity index is 1.89. The number of ether oxygens (including phenoxy) is 1. The molecule has 2 aromatic carbocycles. The number of carboxylic acid groups (broad SMARTS) is 1. The van der Waals surface area contributed by atoms with E-state index in [2.05, 4.69) is 5.32 Å². The van der Waals surface area contributed by atoms with E-state index in [4.69, 9.17) is 27.9 Å². The smallest absolute Gasteiger partial charge is 0.321 e. The number of rotatable bonds is 8. The first-order chi connectivity index (χ1) is 11.5. The van der Waals surface area contributed by atoms with Gasteiger partial charge in [-0.2, -0.15) is 0 Å². The Morgan fingerprint density at radius 3 is 2.50 bits per heavy atom. The first kappa shape index (κ1) is 18.6. The summed E-state index contributed by atoms with van der Waals surface area (Å²) in [7, 11) is 0. The van der Waals surface area contributed by atoms with Crippen LogP contribution in [-0.4, -0.2) is 29.8 Å². The van der Waals surface area contributed by atoms with Crippen LogP contribution >= 0.6 is 23.2 Å². The SMILES string of the molecule is CC(COc1ccc(Cl)c(Cl)c1)N[C@@H](Cc1ccccc1)C(=O)O. The summed E-state index contributed by atoms with van der Waals surface area (Å²) in [6, 6.07) is 13.7. The highest BCUT2D eigenvalue weighted by molar-refractivity contribution is 6.42. The third-order valence-electron chi connectivity index (χ3n) is 3.46. The summed E-state index contributed by atoms with van der Waals surface area (Å²) < 4.78 is 5.64. The molecule has 0 bridgehead atoms. The number of benzene rings is 2. The Kier molecular flexibility index (Phi) is 6.91. The van der Waals surface area contributed by atoms with E-state index in [1.165, 1.54) is 0 Å². The van der Waals surface area contributed by atoms with Crippen molar-refractivity contribution >= 4 is 29.2 Å². The standard InChI is InChI=1S/C18H19Cl2NO3/c1-12(11-24-14-7-8-15(19)16(20)10-14)21-17(18(22)23)9-13-5-3-2-4-6-13/h2-8,10,12,17,21H,9,11H2,1H3,(H,22,23)/t12?,17-/m0/s1. The van der Waals surface area contributed by atoms with Gasteiger partial charge in [0.05, 0.1) is 10.0 Å². The molecule has 2 aromatic rings. The van der Waals surface area contributed by atoms with Crippen LogP contribution in [0, 0.1) is 0 Å². The van der Waals surface area contributed by atoms with Crippen molar-refractivity contribution in [1.82, 2.24) is 5.32 Å². The Labute approximate surface area is 151 Å². The molecular weight excluding hydrogens is 349 g/mol. The van der Waals surface area contributed by atoms with E-state index >= 15 is 0 Å². The molecule has 0 aliphatic rings. The predicted molar refractivity (Wildman–Crippen MR) is 96.1 cm³/mol. The molecule has 6 heteroatoms. The first-order valence-electron chi connectivity index (χ1n) is 7.56. The highest BCUT2D eigenvalue weighted by Crippen LogP contribution is 2.26. The van der Waals surface area contributed by atoms with Crippen molar-refractivity contribution in [3.8, 4) is 5.75 Å². The largest absolute Gasteiger partial charge is 0.492 e. The normalized spacial score (nSPS) is 13.3. The van der Waals surface area contributed by atoms with E-state index in [0.717, 1.165) is 5.56 Å². The van der Waals surface area contributed by atoms with Crippen molar-refractivity contribution in [2.45, 2.75) is 25.4 Å². The molecular formula is C18H19Cl2NO3. The van der Waals surface area contributed by atoms with Crippen LogP contribution in [0.4, 0.5) is 0 Å². The van der Waals surface area contributed by atoms with Crippen LogP contribution in [0.5, 0.6) is 5.75 Å². The zero-order chi connectivity index (χ0) is 17.5. The molecule has 0 radical (unpaired) electrons. The van der Waals surface area contributed by atoms with E-state index in [1.807, 2.05) is 37.3 Å². The molecule has 2 N–H and O–H groups in total. The molecule has 0 aromatic heterocycles. The average molecular weight is 368 g/mol. The van der Waals surface area contributed by atoms with Gasteiger partial charge in [-0.1, -0.05) is 53.5 Å². The maximum Gasteiger partial charge on any atom is 0.321 e. The van der Waals surface area contributed by atoms with Crippen molar-refractivity contribution in [3.63, 3.8) is 0 Å². The third-order valence-corrected chi connectivity index (χ3v) is 4.20. The van der Waals surface area contributed by atoms with Crippen molar-refractivity contribution in [1.29, 1.82) is 0 Å². The number of aliphatic carboxylic acids is 1. The molecule has 0 saturated carbocycles. The fourth-order valence-corrected chi connectivity index (χ4v) is 2.53. The monoisotopic (exact) mass is 367 g/mol.